The monoisotopic (exact) mass is 416 g/mol. The summed E-state index contributed by atoms with van der Waals surface area (Å²) in [7, 11) is 0. The zero-order valence-electron chi connectivity index (χ0n) is 17.5. The fourth-order valence-corrected chi connectivity index (χ4v) is 3.30. The van der Waals surface area contributed by atoms with Gasteiger partial charge >= 0.3 is 5.97 Å². The number of ether oxygens (including phenoxy) is 1. The highest BCUT2D eigenvalue weighted by molar-refractivity contribution is 5.94. The number of carbonyl (C=O) groups is 2. The lowest BCUT2D eigenvalue weighted by Crippen LogP contribution is -2.27. The van der Waals surface area contributed by atoms with Crippen molar-refractivity contribution in [1.82, 2.24) is 9.78 Å². The molecule has 31 heavy (non-hydrogen) atoms. The van der Waals surface area contributed by atoms with Gasteiger partial charge in [0.15, 0.2) is 12.4 Å². The average Bonchev–Trinajstić information content (AvgIpc) is 3.21. The van der Waals surface area contributed by atoms with Crippen LogP contribution in [-0.4, -0.2) is 28.3 Å². The molecule has 0 radical (unpaired) electrons. The lowest BCUT2D eigenvalue weighted by atomic mass is 9.86. The number of para-hydroxylation sites is 1. The number of rotatable bonds is 8. The minimum absolute atomic E-state index is 0.0580. The molecule has 0 saturated carbocycles. The summed E-state index contributed by atoms with van der Waals surface area (Å²) in [6, 6.07) is 20.5. The van der Waals surface area contributed by atoms with Crippen LogP contribution in [0.2, 0.25) is 0 Å². The zero-order valence-corrected chi connectivity index (χ0v) is 17.5. The van der Waals surface area contributed by atoms with Gasteiger partial charge in [-0.15, -0.1) is 0 Å². The van der Waals surface area contributed by atoms with Crippen molar-refractivity contribution in [3.05, 3.63) is 78.0 Å². The number of nitrogens with zero attached hydrogens (tertiary/aromatic N) is 3. The van der Waals surface area contributed by atoms with Crippen molar-refractivity contribution in [3.8, 4) is 11.8 Å². The molecule has 2 atom stereocenters. The molecule has 2 unspecified atom stereocenters. The number of carbonyl (C=O) groups excluding carboxylic acids is 2. The van der Waals surface area contributed by atoms with Crippen LogP contribution in [0.25, 0.3) is 5.69 Å². The summed E-state index contributed by atoms with van der Waals surface area (Å²) in [5.74, 6) is -1.16. The second-order valence-electron chi connectivity index (χ2n) is 7.20. The molecule has 1 aromatic heterocycles. The quantitative estimate of drug-likeness (QED) is 0.559. The Bertz CT molecular complexity index is 1070. The Morgan fingerprint density at radius 1 is 1.13 bits per heavy atom. The van der Waals surface area contributed by atoms with Crippen molar-refractivity contribution < 1.29 is 14.3 Å². The van der Waals surface area contributed by atoms with E-state index in [4.69, 9.17) is 4.74 Å². The van der Waals surface area contributed by atoms with Crippen molar-refractivity contribution in [2.75, 3.05) is 11.9 Å². The van der Waals surface area contributed by atoms with Crippen LogP contribution in [0, 0.1) is 17.2 Å². The van der Waals surface area contributed by atoms with Crippen molar-refractivity contribution in [1.29, 1.82) is 5.26 Å². The van der Waals surface area contributed by atoms with Gasteiger partial charge in [-0.05, 0) is 23.6 Å². The van der Waals surface area contributed by atoms with E-state index in [0.717, 1.165) is 12.0 Å². The van der Waals surface area contributed by atoms with Crippen LogP contribution in [0.1, 0.15) is 37.3 Å². The van der Waals surface area contributed by atoms with Crippen molar-refractivity contribution in [2.45, 2.75) is 26.2 Å². The van der Waals surface area contributed by atoms with Gasteiger partial charge in [0.2, 0.25) is 0 Å². The molecule has 3 rings (SSSR count). The van der Waals surface area contributed by atoms with Gasteiger partial charge in [0.25, 0.3) is 5.91 Å². The van der Waals surface area contributed by atoms with E-state index < -0.39 is 24.4 Å². The maximum Gasteiger partial charge on any atom is 0.314 e. The van der Waals surface area contributed by atoms with Crippen molar-refractivity contribution in [2.24, 2.45) is 5.92 Å². The molecule has 0 fully saturated rings. The predicted molar refractivity (Wildman–Crippen MR) is 117 cm³/mol. The van der Waals surface area contributed by atoms with Gasteiger partial charge in [-0.2, -0.15) is 10.4 Å². The summed E-state index contributed by atoms with van der Waals surface area (Å²) in [4.78, 5) is 25.3. The maximum atomic E-state index is 12.8. The Balaban J connectivity index is 1.71. The summed E-state index contributed by atoms with van der Waals surface area (Å²) in [5, 5.41) is 16.2. The van der Waals surface area contributed by atoms with Crippen LogP contribution in [0.15, 0.2) is 66.9 Å². The lowest BCUT2D eigenvalue weighted by Gasteiger charge is -2.21. The lowest BCUT2D eigenvalue weighted by molar-refractivity contribution is -0.150. The molecule has 0 saturated heterocycles. The van der Waals surface area contributed by atoms with Crippen LogP contribution in [0.5, 0.6) is 0 Å². The molecule has 0 aliphatic heterocycles. The molecule has 7 heteroatoms. The summed E-state index contributed by atoms with van der Waals surface area (Å²) in [5.41, 5.74) is 1.76. The summed E-state index contributed by atoms with van der Waals surface area (Å²) in [6.07, 6.45) is 2.17. The predicted octanol–water partition coefficient (Wildman–Crippen LogP) is 4.06. The number of aromatic nitrogens is 2. The van der Waals surface area contributed by atoms with E-state index in [0.29, 0.717) is 5.69 Å². The number of hydrogen-bond acceptors (Lipinski definition) is 5. The smallest absolute Gasteiger partial charge is 0.314 e. The molecule has 0 aliphatic carbocycles. The van der Waals surface area contributed by atoms with E-state index in [9.17, 15) is 14.9 Å². The van der Waals surface area contributed by atoms with Crippen LogP contribution in [-0.2, 0) is 14.3 Å². The minimum Gasteiger partial charge on any atom is -0.455 e. The van der Waals surface area contributed by atoms with Crippen LogP contribution in [0.4, 0.5) is 5.82 Å². The van der Waals surface area contributed by atoms with Gasteiger partial charge in [0.1, 0.15) is 11.6 Å². The third-order valence-corrected chi connectivity index (χ3v) is 5.12. The Morgan fingerprint density at radius 3 is 2.39 bits per heavy atom. The molecule has 1 amide bonds. The normalized spacial score (nSPS) is 12.4. The highest BCUT2D eigenvalue weighted by Crippen LogP contribution is 2.28. The maximum absolute atomic E-state index is 12.8. The molecule has 1 N–H and O–H groups in total. The fourth-order valence-electron chi connectivity index (χ4n) is 3.30. The number of nitrogens with one attached hydrogen (secondary N) is 1. The third kappa shape index (κ3) is 5.17. The standard InChI is InChI=1S/C24H24N4O3/c1-3-17(2)22(18-10-6-4-7-11-18)24(30)31-16-21(29)27-23-19(14-25)15-26-28(23)20-12-8-5-9-13-20/h4-13,15,17,22H,3,16H2,1-2H3,(H,27,29). The summed E-state index contributed by atoms with van der Waals surface area (Å²) in [6.45, 7) is 3.54. The number of nitriles is 1. The van der Waals surface area contributed by atoms with Gasteiger partial charge in [-0.1, -0.05) is 68.8 Å². The number of esters is 1. The van der Waals surface area contributed by atoms with Gasteiger partial charge in [0, 0.05) is 0 Å². The van der Waals surface area contributed by atoms with Crippen molar-refractivity contribution in [3.63, 3.8) is 0 Å². The van der Waals surface area contributed by atoms with E-state index in [-0.39, 0.29) is 17.3 Å². The van der Waals surface area contributed by atoms with Gasteiger partial charge in [-0.25, -0.2) is 4.68 Å². The first kappa shape index (κ1) is 21.8. The molecule has 0 aliphatic rings. The number of benzene rings is 2. The SMILES string of the molecule is CCC(C)C(C(=O)OCC(=O)Nc1c(C#N)cnn1-c1ccccc1)c1ccccc1. The molecule has 0 bridgehead atoms. The van der Waals surface area contributed by atoms with Crippen LogP contribution >= 0.6 is 0 Å². The van der Waals surface area contributed by atoms with Crippen LogP contribution in [0.3, 0.4) is 0 Å². The molecular weight excluding hydrogens is 392 g/mol. The zero-order chi connectivity index (χ0) is 22.2. The second-order valence-corrected chi connectivity index (χ2v) is 7.20. The highest BCUT2D eigenvalue weighted by Gasteiger charge is 2.28. The first-order chi connectivity index (χ1) is 15.0. The van der Waals surface area contributed by atoms with E-state index >= 15 is 0 Å². The summed E-state index contributed by atoms with van der Waals surface area (Å²) >= 11 is 0. The Kier molecular flexibility index (Phi) is 7.17. The molecule has 1 heterocycles. The number of amides is 1. The molecule has 0 spiro atoms. The van der Waals surface area contributed by atoms with E-state index in [2.05, 4.69) is 10.4 Å². The molecular formula is C24H24N4O3. The van der Waals surface area contributed by atoms with Crippen LogP contribution < -0.4 is 5.32 Å². The molecule has 3 aromatic rings. The fraction of sp³-hybridized carbons (Fsp3) is 0.250. The largest absolute Gasteiger partial charge is 0.455 e. The van der Waals surface area contributed by atoms with E-state index in [1.54, 1.807) is 12.1 Å². The Hall–Kier alpha value is -3.92. The van der Waals surface area contributed by atoms with E-state index in [1.807, 2.05) is 68.4 Å². The highest BCUT2D eigenvalue weighted by atomic mass is 16.5. The minimum atomic E-state index is -0.543. The summed E-state index contributed by atoms with van der Waals surface area (Å²) < 4.78 is 6.81. The molecule has 2 aromatic carbocycles. The first-order valence-electron chi connectivity index (χ1n) is 10.1. The van der Waals surface area contributed by atoms with Crippen molar-refractivity contribution >= 4 is 17.7 Å². The number of hydrogen-bond donors (Lipinski definition) is 1. The van der Waals surface area contributed by atoms with Gasteiger partial charge in [-0.3, -0.25) is 9.59 Å². The Morgan fingerprint density at radius 2 is 1.77 bits per heavy atom. The molecule has 158 valence electrons. The van der Waals surface area contributed by atoms with E-state index in [1.165, 1.54) is 10.9 Å². The molecule has 7 nitrogen and oxygen atoms in total. The third-order valence-electron chi connectivity index (χ3n) is 5.12. The first-order valence-corrected chi connectivity index (χ1v) is 10.1. The van der Waals surface area contributed by atoms with Gasteiger partial charge < -0.3 is 10.1 Å². The van der Waals surface area contributed by atoms with Gasteiger partial charge in [0.05, 0.1) is 17.8 Å². The second kappa shape index (κ2) is 10.2. The average molecular weight is 416 g/mol. The topological polar surface area (TPSA) is 97.0 Å². The Labute approximate surface area is 181 Å². The number of anilines is 1.